The Morgan fingerprint density at radius 1 is 1.39 bits per heavy atom. The van der Waals surface area contributed by atoms with Crippen LogP contribution in [0.3, 0.4) is 0 Å². The van der Waals surface area contributed by atoms with Gasteiger partial charge in [-0.25, -0.2) is 0 Å². The van der Waals surface area contributed by atoms with Gasteiger partial charge >= 0.3 is 17.9 Å². The first-order valence-corrected chi connectivity index (χ1v) is 8.30. The fourth-order valence-electron chi connectivity index (χ4n) is 4.06. The fraction of sp³-hybridized carbons (Fsp3) is 0.800. The van der Waals surface area contributed by atoms with Crippen molar-refractivity contribution in [3.05, 3.63) is 0 Å². The van der Waals surface area contributed by atoms with E-state index < -0.39 is 29.9 Å². The zero-order chi connectivity index (χ0) is 16.7. The summed E-state index contributed by atoms with van der Waals surface area (Å²) in [6.45, 7) is 1.49. The van der Waals surface area contributed by atoms with E-state index in [2.05, 4.69) is 12.6 Å². The Bertz CT molecular complexity index is 522. The summed E-state index contributed by atoms with van der Waals surface area (Å²) >= 11 is 4.04. The molecule has 0 aromatic rings. The summed E-state index contributed by atoms with van der Waals surface area (Å²) in [5.74, 6) is -2.22. The van der Waals surface area contributed by atoms with Crippen LogP contribution in [0.25, 0.3) is 0 Å². The number of carbonyl (C=O) groups excluding carboxylic acids is 3. The molecular formula is C15H20O7S. The average molecular weight is 344 g/mol. The minimum Gasteiger partial charge on any atom is -0.469 e. The molecule has 2 bridgehead atoms. The van der Waals surface area contributed by atoms with Crippen LogP contribution in [0.2, 0.25) is 0 Å². The predicted molar refractivity (Wildman–Crippen MR) is 79.3 cm³/mol. The molecule has 0 aromatic carbocycles. The van der Waals surface area contributed by atoms with Crippen molar-refractivity contribution in [1.82, 2.24) is 0 Å². The lowest BCUT2D eigenvalue weighted by atomic mass is 9.78. The van der Waals surface area contributed by atoms with Gasteiger partial charge in [-0.05, 0) is 6.42 Å². The van der Waals surface area contributed by atoms with Crippen molar-refractivity contribution < 1.29 is 33.3 Å². The summed E-state index contributed by atoms with van der Waals surface area (Å²) in [7, 11) is 1.31. The lowest BCUT2D eigenvalue weighted by Crippen LogP contribution is -2.43. The van der Waals surface area contributed by atoms with Crippen LogP contribution in [0.5, 0.6) is 0 Å². The maximum absolute atomic E-state index is 12.0. The molecule has 0 aromatic heterocycles. The van der Waals surface area contributed by atoms with Gasteiger partial charge in [0.15, 0.2) is 6.79 Å². The van der Waals surface area contributed by atoms with E-state index in [1.54, 1.807) is 6.92 Å². The third kappa shape index (κ3) is 2.61. The summed E-state index contributed by atoms with van der Waals surface area (Å²) < 4.78 is 20.9. The third-order valence-electron chi connectivity index (χ3n) is 5.16. The fourth-order valence-corrected chi connectivity index (χ4v) is 4.21. The van der Waals surface area contributed by atoms with Gasteiger partial charge in [-0.15, -0.1) is 0 Å². The Morgan fingerprint density at radius 3 is 2.78 bits per heavy atom. The zero-order valence-electron chi connectivity index (χ0n) is 13.0. The van der Waals surface area contributed by atoms with E-state index in [9.17, 15) is 14.4 Å². The van der Waals surface area contributed by atoms with Crippen molar-refractivity contribution in [3.63, 3.8) is 0 Å². The van der Waals surface area contributed by atoms with E-state index in [4.69, 9.17) is 18.9 Å². The highest BCUT2D eigenvalue weighted by Crippen LogP contribution is 2.58. The number of carbonyl (C=O) groups is 3. The molecule has 23 heavy (non-hydrogen) atoms. The summed E-state index contributed by atoms with van der Waals surface area (Å²) in [6, 6.07) is 0. The van der Waals surface area contributed by atoms with Crippen LogP contribution >= 0.6 is 12.6 Å². The minimum absolute atomic E-state index is 0.0198. The molecule has 3 aliphatic rings. The Balaban J connectivity index is 1.64. The Hall–Kier alpha value is -1.28. The molecule has 8 heteroatoms. The summed E-state index contributed by atoms with van der Waals surface area (Å²) in [5, 5.41) is 0. The normalized spacial score (nSPS) is 38.3. The lowest BCUT2D eigenvalue weighted by molar-refractivity contribution is -0.178. The van der Waals surface area contributed by atoms with E-state index in [0.717, 1.165) is 0 Å². The van der Waals surface area contributed by atoms with E-state index >= 15 is 0 Å². The molecule has 1 aliphatic heterocycles. The molecular weight excluding hydrogens is 324 g/mol. The minimum atomic E-state index is -0.534. The van der Waals surface area contributed by atoms with Gasteiger partial charge in [0, 0.05) is 17.6 Å². The molecule has 7 unspecified atom stereocenters. The van der Waals surface area contributed by atoms with Crippen molar-refractivity contribution in [1.29, 1.82) is 0 Å². The SMILES string of the molecule is COC(=O)C1C2CC3C(OC(=O)C31)C2OCOC(=O)C(C)CS. The lowest BCUT2D eigenvalue weighted by Gasteiger charge is -2.30. The largest absolute Gasteiger partial charge is 0.469 e. The Kier molecular flexibility index (Phi) is 4.55. The second-order valence-electron chi connectivity index (χ2n) is 6.34. The van der Waals surface area contributed by atoms with E-state index in [0.29, 0.717) is 12.2 Å². The van der Waals surface area contributed by atoms with Crippen LogP contribution in [0.1, 0.15) is 13.3 Å². The molecule has 0 radical (unpaired) electrons. The first-order chi connectivity index (χ1) is 11.0. The number of rotatable bonds is 6. The van der Waals surface area contributed by atoms with Crippen LogP contribution < -0.4 is 0 Å². The van der Waals surface area contributed by atoms with Gasteiger partial charge in [0.1, 0.15) is 12.2 Å². The number of thiol groups is 1. The van der Waals surface area contributed by atoms with Crippen LogP contribution in [0.15, 0.2) is 0 Å². The highest BCUT2D eigenvalue weighted by Gasteiger charge is 2.69. The molecule has 2 aliphatic carbocycles. The van der Waals surface area contributed by atoms with E-state index in [-0.39, 0.29) is 36.6 Å². The number of hydrogen-bond acceptors (Lipinski definition) is 8. The van der Waals surface area contributed by atoms with Gasteiger partial charge in [-0.3, -0.25) is 14.4 Å². The number of fused-ring (bicyclic) bond motifs is 1. The van der Waals surface area contributed by atoms with E-state index in [1.807, 2.05) is 0 Å². The summed E-state index contributed by atoms with van der Waals surface area (Å²) in [6.07, 6.45) is -0.114. The smallest absolute Gasteiger partial charge is 0.311 e. The molecule has 0 spiro atoms. The average Bonchev–Trinajstić information content (AvgIpc) is 3.15. The molecule has 3 fully saturated rings. The topological polar surface area (TPSA) is 88.1 Å². The first kappa shape index (κ1) is 16.6. The summed E-state index contributed by atoms with van der Waals surface area (Å²) in [4.78, 5) is 35.6. The van der Waals surface area contributed by atoms with Crippen LogP contribution in [-0.2, 0) is 33.3 Å². The molecule has 7 nitrogen and oxygen atoms in total. The van der Waals surface area contributed by atoms with Crippen molar-refractivity contribution >= 4 is 30.5 Å². The molecule has 3 rings (SSSR count). The van der Waals surface area contributed by atoms with Crippen molar-refractivity contribution in [2.24, 2.45) is 29.6 Å². The standard InChI is InChI=1S/C15H20O7S/c1-6(4-23)13(16)21-5-20-11-7-3-8-10(9(7)14(17)19-2)15(18)22-12(8)11/h6-12,23H,3-5H2,1-2H3. The third-order valence-corrected chi connectivity index (χ3v) is 5.70. The highest BCUT2D eigenvalue weighted by molar-refractivity contribution is 7.80. The zero-order valence-corrected chi connectivity index (χ0v) is 13.9. The van der Waals surface area contributed by atoms with Crippen LogP contribution in [0, 0.1) is 29.6 Å². The number of hydrogen-bond donors (Lipinski definition) is 1. The van der Waals surface area contributed by atoms with Crippen molar-refractivity contribution in [3.8, 4) is 0 Å². The first-order valence-electron chi connectivity index (χ1n) is 7.67. The molecule has 0 amide bonds. The predicted octanol–water partition coefficient (Wildman–Crippen LogP) is 0.419. The number of methoxy groups -OCH3 is 1. The maximum atomic E-state index is 12.0. The molecule has 2 saturated carbocycles. The van der Waals surface area contributed by atoms with Crippen molar-refractivity contribution in [2.75, 3.05) is 19.7 Å². The highest BCUT2D eigenvalue weighted by atomic mass is 32.1. The van der Waals surface area contributed by atoms with Crippen LogP contribution in [-0.4, -0.2) is 49.8 Å². The van der Waals surface area contributed by atoms with Crippen molar-refractivity contribution in [2.45, 2.75) is 25.6 Å². The maximum Gasteiger partial charge on any atom is 0.311 e. The molecule has 0 N–H and O–H groups in total. The van der Waals surface area contributed by atoms with E-state index in [1.165, 1.54) is 7.11 Å². The molecule has 1 saturated heterocycles. The summed E-state index contributed by atoms with van der Waals surface area (Å²) in [5.41, 5.74) is 0. The number of esters is 3. The van der Waals surface area contributed by atoms with Gasteiger partial charge in [-0.1, -0.05) is 6.92 Å². The molecule has 7 atom stereocenters. The molecule has 128 valence electrons. The van der Waals surface area contributed by atoms with Gasteiger partial charge in [-0.2, -0.15) is 12.6 Å². The Labute approximate surface area is 139 Å². The monoisotopic (exact) mass is 344 g/mol. The second kappa shape index (κ2) is 6.32. The van der Waals surface area contributed by atoms with Crippen LogP contribution in [0.4, 0.5) is 0 Å². The van der Waals surface area contributed by atoms with Gasteiger partial charge in [0.2, 0.25) is 0 Å². The second-order valence-corrected chi connectivity index (χ2v) is 6.70. The Morgan fingerprint density at radius 2 is 2.13 bits per heavy atom. The van der Waals surface area contributed by atoms with Gasteiger partial charge in [0.05, 0.1) is 24.9 Å². The number of ether oxygens (including phenoxy) is 4. The van der Waals surface area contributed by atoms with Gasteiger partial charge in [0.25, 0.3) is 0 Å². The molecule has 1 heterocycles. The quantitative estimate of drug-likeness (QED) is 0.323. The van der Waals surface area contributed by atoms with Gasteiger partial charge < -0.3 is 18.9 Å².